The third-order valence-corrected chi connectivity index (χ3v) is 1.88. The fourth-order valence-corrected chi connectivity index (χ4v) is 1.14. The standard InChI is InChI=1S/C10H13FO/c1-7-5-4-6-8(9(7)12)10(2,3)11/h4-6,12H,1-3H3. The zero-order chi connectivity index (χ0) is 9.35. The summed E-state index contributed by atoms with van der Waals surface area (Å²) in [7, 11) is 0. The van der Waals surface area contributed by atoms with Crippen molar-refractivity contribution in [2.24, 2.45) is 0 Å². The minimum absolute atomic E-state index is 0.0602. The first kappa shape index (κ1) is 9.04. The second kappa shape index (κ2) is 2.77. The van der Waals surface area contributed by atoms with Crippen LogP contribution in [0.4, 0.5) is 4.39 Å². The smallest absolute Gasteiger partial charge is 0.134 e. The van der Waals surface area contributed by atoms with Crippen molar-refractivity contribution in [3.8, 4) is 5.75 Å². The lowest BCUT2D eigenvalue weighted by Gasteiger charge is -2.16. The molecular formula is C10H13FO. The Morgan fingerprint density at radius 1 is 1.33 bits per heavy atom. The van der Waals surface area contributed by atoms with E-state index in [2.05, 4.69) is 0 Å². The summed E-state index contributed by atoms with van der Waals surface area (Å²) in [6, 6.07) is 5.10. The van der Waals surface area contributed by atoms with Gasteiger partial charge in [-0.1, -0.05) is 18.2 Å². The summed E-state index contributed by atoms with van der Waals surface area (Å²) < 4.78 is 13.4. The average molecular weight is 168 g/mol. The van der Waals surface area contributed by atoms with E-state index in [1.165, 1.54) is 13.8 Å². The van der Waals surface area contributed by atoms with E-state index in [1.807, 2.05) is 0 Å². The molecule has 2 heteroatoms. The van der Waals surface area contributed by atoms with Gasteiger partial charge in [-0.25, -0.2) is 4.39 Å². The molecule has 0 atom stereocenters. The van der Waals surface area contributed by atoms with E-state index >= 15 is 0 Å². The largest absolute Gasteiger partial charge is 0.507 e. The van der Waals surface area contributed by atoms with E-state index in [4.69, 9.17) is 0 Å². The van der Waals surface area contributed by atoms with Crippen molar-refractivity contribution in [1.29, 1.82) is 0 Å². The topological polar surface area (TPSA) is 20.2 Å². The van der Waals surface area contributed by atoms with E-state index in [0.717, 1.165) is 0 Å². The van der Waals surface area contributed by atoms with Crippen molar-refractivity contribution in [2.45, 2.75) is 26.4 Å². The van der Waals surface area contributed by atoms with Crippen LogP contribution in [0.1, 0.15) is 25.0 Å². The van der Waals surface area contributed by atoms with Crippen LogP contribution < -0.4 is 0 Å². The summed E-state index contributed by atoms with van der Waals surface area (Å²) in [6.45, 7) is 4.62. The van der Waals surface area contributed by atoms with E-state index < -0.39 is 5.67 Å². The third kappa shape index (κ3) is 1.58. The van der Waals surface area contributed by atoms with E-state index in [9.17, 15) is 9.50 Å². The normalized spacial score (nSPS) is 11.7. The van der Waals surface area contributed by atoms with Gasteiger partial charge in [-0.2, -0.15) is 0 Å². The number of phenolic OH excluding ortho intramolecular Hbond substituents is 1. The van der Waals surface area contributed by atoms with Gasteiger partial charge in [0.1, 0.15) is 11.4 Å². The number of hydrogen-bond acceptors (Lipinski definition) is 1. The summed E-state index contributed by atoms with van der Waals surface area (Å²) in [4.78, 5) is 0. The maximum atomic E-state index is 13.4. The van der Waals surface area contributed by atoms with Crippen LogP contribution in [0.15, 0.2) is 18.2 Å². The molecule has 0 unspecified atom stereocenters. The molecule has 66 valence electrons. The Hall–Kier alpha value is -1.05. The highest BCUT2D eigenvalue weighted by Gasteiger charge is 2.22. The molecule has 0 saturated carbocycles. The van der Waals surface area contributed by atoms with Crippen molar-refractivity contribution < 1.29 is 9.50 Å². The summed E-state index contributed by atoms with van der Waals surface area (Å²) in [5.74, 6) is 0.0602. The molecule has 1 aromatic rings. The molecule has 1 rings (SSSR count). The lowest BCUT2D eigenvalue weighted by atomic mass is 9.97. The van der Waals surface area contributed by atoms with Crippen LogP contribution in [0.5, 0.6) is 5.75 Å². The van der Waals surface area contributed by atoms with E-state index in [1.54, 1.807) is 25.1 Å². The Bertz CT molecular complexity index is 286. The average Bonchev–Trinajstić information content (AvgIpc) is 1.92. The van der Waals surface area contributed by atoms with Crippen LogP contribution in [0, 0.1) is 6.92 Å². The lowest BCUT2D eigenvalue weighted by Crippen LogP contribution is -2.09. The summed E-state index contributed by atoms with van der Waals surface area (Å²) >= 11 is 0. The third-order valence-electron chi connectivity index (χ3n) is 1.88. The van der Waals surface area contributed by atoms with Gasteiger partial charge in [0.25, 0.3) is 0 Å². The molecule has 0 heterocycles. The van der Waals surface area contributed by atoms with Gasteiger partial charge in [0.15, 0.2) is 0 Å². The highest BCUT2D eigenvalue weighted by Crippen LogP contribution is 2.33. The Morgan fingerprint density at radius 3 is 2.33 bits per heavy atom. The second-order valence-corrected chi connectivity index (χ2v) is 3.44. The first-order chi connectivity index (χ1) is 5.43. The van der Waals surface area contributed by atoms with Gasteiger partial charge in [0.2, 0.25) is 0 Å². The molecule has 0 amide bonds. The maximum absolute atomic E-state index is 13.4. The Morgan fingerprint density at radius 2 is 1.92 bits per heavy atom. The highest BCUT2D eigenvalue weighted by molar-refractivity contribution is 5.42. The first-order valence-electron chi connectivity index (χ1n) is 3.91. The SMILES string of the molecule is Cc1cccc(C(C)(C)F)c1O. The van der Waals surface area contributed by atoms with Crippen LogP contribution in [-0.2, 0) is 5.67 Å². The minimum Gasteiger partial charge on any atom is -0.507 e. The Labute approximate surface area is 71.9 Å². The van der Waals surface area contributed by atoms with Crippen LogP contribution in [0.25, 0.3) is 0 Å². The molecule has 0 bridgehead atoms. The van der Waals surface area contributed by atoms with Crippen LogP contribution in [0.3, 0.4) is 0 Å². The molecule has 0 aliphatic heterocycles. The van der Waals surface area contributed by atoms with E-state index in [0.29, 0.717) is 11.1 Å². The number of aromatic hydroxyl groups is 1. The number of alkyl halides is 1. The predicted octanol–water partition coefficient (Wildman–Crippen LogP) is 2.91. The quantitative estimate of drug-likeness (QED) is 0.683. The molecule has 0 aliphatic carbocycles. The number of phenols is 1. The van der Waals surface area contributed by atoms with Crippen LogP contribution in [-0.4, -0.2) is 5.11 Å². The fraction of sp³-hybridized carbons (Fsp3) is 0.400. The molecule has 0 aromatic heterocycles. The molecule has 1 N–H and O–H groups in total. The number of benzene rings is 1. The lowest BCUT2D eigenvalue weighted by molar-refractivity contribution is 0.214. The zero-order valence-electron chi connectivity index (χ0n) is 7.56. The summed E-state index contributed by atoms with van der Waals surface area (Å²) in [5, 5.41) is 9.49. The number of halogens is 1. The number of rotatable bonds is 1. The van der Waals surface area contributed by atoms with Gasteiger partial charge >= 0.3 is 0 Å². The molecular weight excluding hydrogens is 155 g/mol. The van der Waals surface area contributed by atoms with Crippen LogP contribution >= 0.6 is 0 Å². The van der Waals surface area contributed by atoms with Gasteiger partial charge in [-0.3, -0.25) is 0 Å². The molecule has 1 nitrogen and oxygen atoms in total. The maximum Gasteiger partial charge on any atom is 0.134 e. The molecule has 1 aromatic carbocycles. The van der Waals surface area contributed by atoms with Crippen molar-refractivity contribution in [3.63, 3.8) is 0 Å². The fourth-order valence-electron chi connectivity index (χ4n) is 1.14. The van der Waals surface area contributed by atoms with Gasteiger partial charge in [-0.15, -0.1) is 0 Å². The molecule has 12 heavy (non-hydrogen) atoms. The molecule has 0 saturated heterocycles. The van der Waals surface area contributed by atoms with Gasteiger partial charge in [0.05, 0.1) is 0 Å². The van der Waals surface area contributed by atoms with Crippen molar-refractivity contribution >= 4 is 0 Å². The Balaban J connectivity index is 3.26. The Kier molecular flexibility index (Phi) is 2.09. The van der Waals surface area contributed by atoms with Crippen molar-refractivity contribution in [3.05, 3.63) is 29.3 Å². The van der Waals surface area contributed by atoms with Crippen molar-refractivity contribution in [1.82, 2.24) is 0 Å². The zero-order valence-corrected chi connectivity index (χ0v) is 7.56. The van der Waals surface area contributed by atoms with Gasteiger partial charge in [0, 0.05) is 5.56 Å². The first-order valence-corrected chi connectivity index (χ1v) is 3.91. The number of aryl methyl sites for hydroxylation is 1. The van der Waals surface area contributed by atoms with E-state index in [-0.39, 0.29) is 5.75 Å². The van der Waals surface area contributed by atoms with Gasteiger partial charge in [-0.05, 0) is 26.3 Å². The van der Waals surface area contributed by atoms with Crippen LogP contribution in [0.2, 0.25) is 0 Å². The monoisotopic (exact) mass is 168 g/mol. The van der Waals surface area contributed by atoms with Crippen molar-refractivity contribution in [2.75, 3.05) is 0 Å². The highest BCUT2D eigenvalue weighted by atomic mass is 19.1. The second-order valence-electron chi connectivity index (χ2n) is 3.44. The number of hydrogen-bond donors (Lipinski definition) is 1. The molecule has 0 aliphatic rings. The minimum atomic E-state index is -1.48. The molecule has 0 radical (unpaired) electrons. The summed E-state index contributed by atoms with van der Waals surface area (Å²) in [5.41, 5.74) is -0.420. The molecule has 0 fully saturated rings. The van der Waals surface area contributed by atoms with Gasteiger partial charge < -0.3 is 5.11 Å². The number of para-hydroxylation sites is 1. The summed E-state index contributed by atoms with van der Waals surface area (Å²) in [6.07, 6.45) is 0. The molecule has 0 spiro atoms. The predicted molar refractivity (Wildman–Crippen MR) is 47.0 cm³/mol.